The molecule has 0 fully saturated rings. The molecule has 65 heavy (non-hydrogen) atoms. The Morgan fingerprint density at radius 3 is 1.91 bits per heavy atom. The summed E-state index contributed by atoms with van der Waals surface area (Å²) in [4.78, 5) is 2.49. The van der Waals surface area contributed by atoms with Crippen LogP contribution in [0.3, 0.4) is 0 Å². The third-order valence-corrected chi connectivity index (χ3v) is 14.7. The number of hydrogen-bond acceptors (Lipinski definition) is 2. The topological polar surface area (TPSA) is 3.24 Å². The highest BCUT2D eigenvalue weighted by molar-refractivity contribution is 7.26. The number of nitrogens with zero attached hydrogens (tertiary/aromatic N) is 1. The van der Waals surface area contributed by atoms with E-state index < -0.39 is 0 Å². The average Bonchev–Trinajstić information content (AvgIpc) is 3.94. The zero-order valence-electron chi connectivity index (χ0n) is 35.5. The molecule has 0 amide bonds. The molecule has 1 aliphatic carbocycles. The van der Waals surface area contributed by atoms with E-state index in [9.17, 15) is 0 Å². The summed E-state index contributed by atoms with van der Waals surface area (Å²) in [6.45, 7) is 0. The molecule has 11 aromatic carbocycles. The molecule has 1 heterocycles. The second kappa shape index (κ2) is 15.3. The van der Waals surface area contributed by atoms with Gasteiger partial charge in [-0.1, -0.05) is 200 Å². The van der Waals surface area contributed by atoms with Crippen molar-refractivity contribution in [1.82, 2.24) is 0 Å². The summed E-state index contributed by atoms with van der Waals surface area (Å²) in [5, 5.41) is 7.54. The number of fused-ring (bicyclic) bond motifs is 8. The van der Waals surface area contributed by atoms with Gasteiger partial charge >= 0.3 is 0 Å². The Kier molecular flexibility index (Phi) is 8.85. The molecule has 1 unspecified atom stereocenters. The Morgan fingerprint density at radius 1 is 0.354 bits per heavy atom. The third-order valence-electron chi connectivity index (χ3n) is 13.5. The van der Waals surface area contributed by atoms with E-state index in [2.05, 4.69) is 248 Å². The lowest BCUT2D eigenvalue weighted by atomic mass is 9.88. The van der Waals surface area contributed by atoms with Gasteiger partial charge in [-0.2, -0.15) is 0 Å². The molecular formula is C63H41NS. The highest BCUT2D eigenvalue weighted by Gasteiger charge is 2.32. The van der Waals surface area contributed by atoms with Gasteiger partial charge in [0.15, 0.2) is 0 Å². The van der Waals surface area contributed by atoms with Crippen molar-refractivity contribution in [2.24, 2.45) is 0 Å². The quantitative estimate of drug-likeness (QED) is 0.154. The zero-order valence-corrected chi connectivity index (χ0v) is 36.3. The van der Waals surface area contributed by atoms with Crippen LogP contribution in [0.4, 0.5) is 17.1 Å². The van der Waals surface area contributed by atoms with Gasteiger partial charge in [0.05, 0.1) is 5.69 Å². The maximum Gasteiger partial charge on any atom is 0.0555 e. The molecule has 0 aliphatic heterocycles. The molecule has 1 nitrogen and oxygen atoms in total. The van der Waals surface area contributed by atoms with Gasteiger partial charge in [0.1, 0.15) is 0 Å². The standard InChI is InChI=1S/C63H41NS/c1-2-17-44(18-3-1)60-53-24-8-9-25-54(53)61-51(27-14-29-57(60)61)47-21-12-22-49(40-47)64(48-35-33-42(34-36-48)46-32-31-41-15-4-5-19-45(41)39-46)58-38-37-55(52-28-13-20-43-16-6-7-23-50(43)52)63-62(58)56-26-10-11-30-59(56)65-63/h1-40,60H. The van der Waals surface area contributed by atoms with Gasteiger partial charge < -0.3 is 4.90 Å². The first kappa shape index (κ1) is 37.5. The average molecular weight is 844 g/mol. The fraction of sp³-hybridized carbons (Fsp3) is 0.0159. The maximum absolute atomic E-state index is 2.49. The predicted molar refractivity (Wildman–Crippen MR) is 278 cm³/mol. The lowest BCUT2D eigenvalue weighted by molar-refractivity contribution is 1.02. The van der Waals surface area contributed by atoms with Gasteiger partial charge in [0.25, 0.3) is 0 Å². The molecule has 0 radical (unpaired) electrons. The minimum absolute atomic E-state index is 0.184. The Balaban J connectivity index is 1.02. The van der Waals surface area contributed by atoms with E-state index >= 15 is 0 Å². The van der Waals surface area contributed by atoms with Gasteiger partial charge in [0.2, 0.25) is 0 Å². The van der Waals surface area contributed by atoms with Gasteiger partial charge in [-0.05, 0) is 120 Å². The van der Waals surface area contributed by atoms with E-state index in [1.165, 1.54) is 103 Å². The maximum atomic E-state index is 2.49. The fourth-order valence-electron chi connectivity index (χ4n) is 10.6. The lowest BCUT2D eigenvalue weighted by Gasteiger charge is -2.28. The van der Waals surface area contributed by atoms with Crippen molar-refractivity contribution in [2.75, 3.05) is 4.90 Å². The SMILES string of the molecule is c1ccc(C2c3ccccc3-c3c(-c4cccc(N(c5ccc(-c6ccc7ccccc7c6)cc5)c5ccc(-c6cccc7ccccc67)c6sc7ccccc7c56)c4)cccc32)cc1. The highest BCUT2D eigenvalue weighted by atomic mass is 32.1. The molecule has 13 rings (SSSR count). The number of rotatable bonds is 7. The number of hydrogen-bond donors (Lipinski definition) is 0. The van der Waals surface area contributed by atoms with E-state index in [-0.39, 0.29) is 5.92 Å². The lowest BCUT2D eigenvalue weighted by Crippen LogP contribution is -2.10. The zero-order chi connectivity index (χ0) is 42.8. The fourth-order valence-corrected chi connectivity index (χ4v) is 11.8. The van der Waals surface area contributed by atoms with E-state index in [0.29, 0.717) is 0 Å². The summed E-state index contributed by atoms with van der Waals surface area (Å²) in [6, 6.07) is 89.7. The van der Waals surface area contributed by atoms with Gasteiger partial charge in [-0.25, -0.2) is 0 Å². The first-order valence-electron chi connectivity index (χ1n) is 22.4. The first-order chi connectivity index (χ1) is 32.2. The molecule has 1 aromatic heterocycles. The van der Waals surface area contributed by atoms with Crippen LogP contribution in [-0.2, 0) is 0 Å². The van der Waals surface area contributed by atoms with Crippen molar-refractivity contribution in [3.05, 3.63) is 259 Å². The van der Waals surface area contributed by atoms with Crippen molar-refractivity contribution in [2.45, 2.75) is 5.92 Å². The minimum Gasteiger partial charge on any atom is -0.310 e. The summed E-state index contributed by atoms with van der Waals surface area (Å²) in [5.74, 6) is 0.184. The molecule has 0 bridgehead atoms. The molecule has 0 saturated heterocycles. The molecule has 12 aromatic rings. The normalized spacial score (nSPS) is 13.1. The van der Waals surface area contributed by atoms with Crippen LogP contribution in [0.5, 0.6) is 0 Å². The van der Waals surface area contributed by atoms with Crippen LogP contribution in [0.1, 0.15) is 22.6 Å². The van der Waals surface area contributed by atoms with Gasteiger partial charge in [-0.15, -0.1) is 11.3 Å². The van der Waals surface area contributed by atoms with Crippen molar-refractivity contribution in [3.63, 3.8) is 0 Å². The summed E-state index contributed by atoms with van der Waals surface area (Å²) < 4.78 is 2.57. The summed E-state index contributed by atoms with van der Waals surface area (Å²) in [7, 11) is 0. The van der Waals surface area contributed by atoms with Crippen LogP contribution in [0.2, 0.25) is 0 Å². The number of anilines is 3. The van der Waals surface area contributed by atoms with Crippen LogP contribution < -0.4 is 4.90 Å². The monoisotopic (exact) mass is 843 g/mol. The van der Waals surface area contributed by atoms with E-state index in [1.54, 1.807) is 0 Å². The molecule has 0 saturated carbocycles. The van der Waals surface area contributed by atoms with E-state index in [1.807, 2.05) is 11.3 Å². The Morgan fingerprint density at radius 2 is 1.02 bits per heavy atom. The van der Waals surface area contributed by atoms with E-state index in [0.717, 1.165) is 17.1 Å². The third kappa shape index (κ3) is 6.21. The smallest absolute Gasteiger partial charge is 0.0555 e. The Bertz CT molecular complexity index is 3780. The second-order valence-corrected chi connectivity index (χ2v) is 18.2. The van der Waals surface area contributed by atoms with Crippen molar-refractivity contribution >= 4 is 70.1 Å². The largest absolute Gasteiger partial charge is 0.310 e. The van der Waals surface area contributed by atoms with Crippen LogP contribution >= 0.6 is 11.3 Å². The van der Waals surface area contributed by atoms with Crippen LogP contribution in [0.25, 0.3) is 86.2 Å². The molecule has 1 atom stereocenters. The molecule has 304 valence electrons. The molecule has 1 aliphatic rings. The highest BCUT2D eigenvalue weighted by Crippen LogP contribution is 2.53. The minimum atomic E-state index is 0.184. The summed E-state index contributed by atoms with van der Waals surface area (Å²) in [6.07, 6.45) is 0. The number of thiophene rings is 1. The van der Waals surface area contributed by atoms with Crippen LogP contribution in [0.15, 0.2) is 243 Å². The predicted octanol–water partition coefficient (Wildman–Crippen LogP) is 18.0. The molecule has 0 spiro atoms. The van der Waals surface area contributed by atoms with Crippen molar-refractivity contribution < 1.29 is 0 Å². The van der Waals surface area contributed by atoms with Crippen molar-refractivity contribution in [3.8, 4) is 44.5 Å². The molecular weight excluding hydrogens is 803 g/mol. The van der Waals surface area contributed by atoms with Gasteiger partial charge in [-0.3, -0.25) is 0 Å². The summed E-state index contributed by atoms with van der Waals surface area (Å²) >= 11 is 1.89. The van der Waals surface area contributed by atoms with E-state index in [4.69, 9.17) is 0 Å². The number of benzene rings is 11. The first-order valence-corrected chi connectivity index (χ1v) is 23.3. The van der Waals surface area contributed by atoms with Crippen LogP contribution in [-0.4, -0.2) is 0 Å². The Hall–Kier alpha value is -8.04. The van der Waals surface area contributed by atoms with Crippen molar-refractivity contribution in [1.29, 1.82) is 0 Å². The summed E-state index contributed by atoms with van der Waals surface area (Å²) in [5.41, 5.74) is 17.4. The van der Waals surface area contributed by atoms with Gasteiger partial charge in [0, 0.05) is 43.0 Å². The Labute approximate surface area is 382 Å². The molecule has 0 N–H and O–H groups in total. The van der Waals surface area contributed by atoms with Crippen LogP contribution in [0, 0.1) is 0 Å². The molecule has 2 heteroatoms. The second-order valence-electron chi connectivity index (χ2n) is 17.2.